The van der Waals surface area contributed by atoms with Crippen LogP contribution in [0.1, 0.15) is 0 Å². The maximum Gasteiger partial charge on any atom is 0.252 e. The van der Waals surface area contributed by atoms with Crippen molar-refractivity contribution in [3.8, 4) is 55.6 Å². The fourth-order valence-electron chi connectivity index (χ4n) is 12.9. The standard InChI is InChI=1S/C75H48BN3/c1-5-17-49(18-6-1)58-37-59(50-19-7-2-8-20-50)40-63(39-58)78-71-47-67-56(31-29-54-25-13-15-27-65(54)67)43-69(71)76-70-44-57-32-30-55-26-14-16-28-66(55)68(57)48-72(70)79(74-46-62(45-73(78)75(74)76)53-33-35-77-36-34-53)64-41-60(51-21-9-3-10-22-51)38-61(42-64)52-23-11-4-12-24-52/h1-48H. The minimum atomic E-state index is -0.141. The largest absolute Gasteiger partial charge is 0.311 e. The Labute approximate surface area is 459 Å². The Morgan fingerprint density at radius 2 is 0.582 bits per heavy atom. The van der Waals surface area contributed by atoms with Crippen molar-refractivity contribution in [3.63, 3.8) is 0 Å². The van der Waals surface area contributed by atoms with Gasteiger partial charge in [-0.1, -0.05) is 206 Å². The van der Waals surface area contributed by atoms with Gasteiger partial charge in [0.05, 0.1) is 0 Å². The first-order chi connectivity index (χ1) is 39.1. The molecule has 16 rings (SSSR count). The fraction of sp³-hybridized carbons (Fsp3) is 0. The lowest BCUT2D eigenvalue weighted by Crippen LogP contribution is -2.61. The van der Waals surface area contributed by atoms with Gasteiger partial charge in [-0.05, 0) is 188 Å². The maximum absolute atomic E-state index is 4.55. The van der Waals surface area contributed by atoms with Gasteiger partial charge in [-0.15, -0.1) is 0 Å². The Bertz CT molecular complexity index is 4320. The van der Waals surface area contributed by atoms with Gasteiger partial charge in [0.1, 0.15) is 0 Å². The highest BCUT2D eigenvalue weighted by atomic mass is 15.2. The predicted molar refractivity (Wildman–Crippen MR) is 335 cm³/mol. The van der Waals surface area contributed by atoms with E-state index in [2.05, 4.69) is 294 Å². The van der Waals surface area contributed by atoms with Crippen LogP contribution in [0, 0.1) is 0 Å². The molecule has 4 heteroatoms. The van der Waals surface area contributed by atoms with Gasteiger partial charge in [0, 0.05) is 46.5 Å². The number of hydrogen-bond acceptors (Lipinski definition) is 3. The summed E-state index contributed by atoms with van der Waals surface area (Å²) in [5.41, 5.74) is 22.1. The van der Waals surface area contributed by atoms with Crippen LogP contribution < -0.4 is 26.2 Å². The molecule has 2 aliphatic heterocycles. The molecule has 1 aromatic heterocycles. The molecule has 0 aliphatic carbocycles. The molecule has 0 fully saturated rings. The topological polar surface area (TPSA) is 19.4 Å². The van der Waals surface area contributed by atoms with Gasteiger partial charge < -0.3 is 9.80 Å². The van der Waals surface area contributed by atoms with Crippen LogP contribution in [-0.2, 0) is 0 Å². The third kappa shape index (κ3) is 7.48. The number of aromatic nitrogens is 1. The highest BCUT2D eigenvalue weighted by molar-refractivity contribution is 7.00. The minimum Gasteiger partial charge on any atom is -0.311 e. The SMILES string of the molecule is c1ccc(-c2cc(-c3ccccc3)cc(N3c4cc5c(ccc6ccccc65)cc4B4c5cc6ccc7ccccc7c6cc5N(c5cc(-c6ccccc6)cc(-c6ccccc6)c5)c5cc(-c6ccncc6)cc3c54)c2)cc1. The maximum atomic E-state index is 4.55. The van der Waals surface area contributed by atoms with Gasteiger partial charge in [0.15, 0.2) is 0 Å². The third-order valence-corrected chi connectivity index (χ3v) is 16.6. The molecule has 0 bridgehead atoms. The summed E-state index contributed by atoms with van der Waals surface area (Å²) in [5, 5.41) is 9.83. The van der Waals surface area contributed by atoms with Crippen molar-refractivity contribution in [1.82, 2.24) is 4.98 Å². The number of nitrogens with zero attached hydrogens (tertiary/aromatic N) is 3. The smallest absolute Gasteiger partial charge is 0.252 e. The van der Waals surface area contributed by atoms with Gasteiger partial charge in [-0.25, -0.2) is 0 Å². The summed E-state index contributed by atoms with van der Waals surface area (Å²) in [6, 6.07) is 104. The van der Waals surface area contributed by atoms with Crippen LogP contribution in [0.2, 0.25) is 0 Å². The van der Waals surface area contributed by atoms with Crippen molar-refractivity contribution < 1.29 is 0 Å². The summed E-state index contributed by atoms with van der Waals surface area (Å²) in [7, 11) is 0. The van der Waals surface area contributed by atoms with E-state index < -0.39 is 0 Å². The summed E-state index contributed by atoms with van der Waals surface area (Å²) >= 11 is 0. The van der Waals surface area contributed by atoms with E-state index >= 15 is 0 Å². The van der Waals surface area contributed by atoms with E-state index in [-0.39, 0.29) is 6.71 Å². The molecule has 14 aromatic rings. The second kappa shape index (κ2) is 18.2. The lowest BCUT2D eigenvalue weighted by atomic mass is 9.33. The quantitative estimate of drug-likeness (QED) is 0.117. The molecule has 0 spiro atoms. The summed E-state index contributed by atoms with van der Waals surface area (Å²) in [6.07, 6.45) is 3.84. The van der Waals surface area contributed by atoms with Crippen molar-refractivity contribution in [3.05, 3.63) is 291 Å². The Hall–Kier alpha value is -10.3. The zero-order valence-electron chi connectivity index (χ0n) is 43.1. The molecule has 0 atom stereocenters. The van der Waals surface area contributed by atoms with Crippen molar-refractivity contribution in [1.29, 1.82) is 0 Å². The van der Waals surface area contributed by atoms with E-state index in [1.165, 1.54) is 93.1 Å². The average molecular weight is 1000 g/mol. The van der Waals surface area contributed by atoms with Crippen molar-refractivity contribution in [2.45, 2.75) is 0 Å². The number of hydrogen-bond donors (Lipinski definition) is 0. The number of rotatable bonds is 7. The average Bonchev–Trinajstić information content (AvgIpc) is 3.61. The van der Waals surface area contributed by atoms with Crippen molar-refractivity contribution in [2.75, 3.05) is 9.80 Å². The van der Waals surface area contributed by atoms with E-state index in [0.717, 1.165) is 56.1 Å². The molecule has 2 aliphatic rings. The van der Waals surface area contributed by atoms with E-state index in [4.69, 9.17) is 0 Å². The molecular formula is C75H48BN3. The highest BCUT2D eigenvalue weighted by Gasteiger charge is 2.44. The third-order valence-electron chi connectivity index (χ3n) is 16.6. The fourth-order valence-corrected chi connectivity index (χ4v) is 12.9. The molecule has 0 unspecified atom stereocenters. The van der Waals surface area contributed by atoms with Crippen LogP contribution in [0.3, 0.4) is 0 Å². The van der Waals surface area contributed by atoms with Gasteiger partial charge >= 0.3 is 0 Å². The van der Waals surface area contributed by atoms with E-state index in [1.807, 2.05) is 12.4 Å². The number of anilines is 6. The summed E-state index contributed by atoms with van der Waals surface area (Å²) in [6.45, 7) is -0.141. The zero-order chi connectivity index (χ0) is 52.0. The number of benzene rings is 13. The molecule has 0 saturated heterocycles. The Morgan fingerprint density at radius 3 is 0.987 bits per heavy atom. The van der Waals surface area contributed by atoms with Gasteiger partial charge in [0.2, 0.25) is 0 Å². The zero-order valence-corrected chi connectivity index (χ0v) is 43.1. The molecule has 3 heterocycles. The first kappa shape index (κ1) is 45.0. The van der Waals surface area contributed by atoms with Crippen molar-refractivity contribution >= 4 is 100 Å². The van der Waals surface area contributed by atoms with Gasteiger partial charge in [-0.2, -0.15) is 0 Å². The Morgan fingerprint density at radius 1 is 0.241 bits per heavy atom. The van der Waals surface area contributed by atoms with E-state index in [1.54, 1.807) is 0 Å². The molecule has 13 aromatic carbocycles. The van der Waals surface area contributed by atoms with Crippen molar-refractivity contribution in [2.24, 2.45) is 0 Å². The summed E-state index contributed by atoms with van der Waals surface area (Å²) in [4.78, 5) is 9.75. The van der Waals surface area contributed by atoms with Crippen LogP contribution in [0.4, 0.5) is 34.1 Å². The van der Waals surface area contributed by atoms with Crippen LogP contribution in [-0.4, -0.2) is 11.7 Å². The second-order valence-electron chi connectivity index (χ2n) is 21.1. The molecule has 0 amide bonds. The van der Waals surface area contributed by atoms with E-state index in [9.17, 15) is 0 Å². The molecule has 79 heavy (non-hydrogen) atoms. The Kier molecular flexibility index (Phi) is 10.4. The number of fused-ring (bicyclic) bond motifs is 10. The summed E-state index contributed by atoms with van der Waals surface area (Å²) < 4.78 is 0. The Balaban J connectivity index is 1.07. The number of pyridine rings is 1. The van der Waals surface area contributed by atoms with Crippen LogP contribution in [0.25, 0.3) is 98.7 Å². The molecule has 366 valence electrons. The highest BCUT2D eigenvalue weighted by Crippen LogP contribution is 2.50. The minimum absolute atomic E-state index is 0.141. The lowest BCUT2D eigenvalue weighted by molar-refractivity contribution is 1.26. The van der Waals surface area contributed by atoms with Crippen LogP contribution in [0.5, 0.6) is 0 Å². The van der Waals surface area contributed by atoms with Gasteiger partial charge in [-0.3, -0.25) is 4.98 Å². The van der Waals surface area contributed by atoms with Gasteiger partial charge in [0.25, 0.3) is 6.71 Å². The molecular weight excluding hydrogens is 954 g/mol. The monoisotopic (exact) mass is 1000 g/mol. The first-order valence-electron chi connectivity index (χ1n) is 27.3. The normalized spacial score (nSPS) is 12.5. The molecule has 0 radical (unpaired) electrons. The molecule has 3 nitrogen and oxygen atoms in total. The summed E-state index contributed by atoms with van der Waals surface area (Å²) in [5.74, 6) is 0. The van der Waals surface area contributed by atoms with Crippen LogP contribution >= 0.6 is 0 Å². The van der Waals surface area contributed by atoms with E-state index in [0.29, 0.717) is 0 Å². The first-order valence-corrected chi connectivity index (χ1v) is 27.3. The van der Waals surface area contributed by atoms with Crippen LogP contribution in [0.15, 0.2) is 291 Å². The second-order valence-corrected chi connectivity index (χ2v) is 21.1. The molecule has 0 N–H and O–H groups in total. The molecule has 0 saturated carbocycles. The lowest BCUT2D eigenvalue weighted by Gasteiger charge is -2.45. The predicted octanol–water partition coefficient (Wildman–Crippen LogP) is 18.1.